The summed E-state index contributed by atoms with van der Waals surface area (Å²) < 4.78 is 5.26. The minimum atomic E-state index is 0.328. The molecule has 3 atom stereocenters. The molecule has 1 saturated heterocycles. The van der Waals surface area contributed by atoms with Crippen molar-refractivity contribution in [1.29, 1.82) is 0 Å². The van der Waals surface area contributed by atoms with E-state index in [1.807, 2.05) is 0 Å². The largest absolute Gasteiger partial charge is 0.368 e. The first-order valence-corrected chi connectivity index (χ1v) is 3.61. The summed E-state index contributed by atoms with van der Waals surface area (Å²) in [5.74, 6) is 0. The molecule has 1 saturated carbocycles. The zero-order chi connectivity index (χ0) is 5.56. The maximum atomic E-state index is 5.88. The molecular weight excluding hydrogens is 124 g/mol. The van der Waals surface area contributed by atoms with Gasteiger partial charge in [0.1, 0.15) is 6.10 Å². The van der Waals surface area contributed by atoms with Crippen LogP contribution in [0.4, 0.5) is 0 Å². The van der Waals surface area contributed by atoms with Crippen LogP contribution in [-0.2, 0) is 4.74 Å². The van der Waals surface area contributed by atoms with Crippen molar-refractivity contribution < 1.29 is 4.74 Å². The van der Waals surface area contributed by atoms with Gasteiger partial charge in [-0.2, -0.15) is 0 Å². The molecule has 0 amide bonds. The molecule has 1 heterocycles. The van der Waals surface area contributed by atoms with Crippen molar-refractivity contribution in [3.63, 3.8) is 0 Å². The lowest BCUT2D eigenvalue weighted by molar-refractivity contribution is 0.374. The van der Waals surface area contributed by atoms with Crippen LogP contribution in [0.2, 0.25) is 0 Å². The monoisotopic (exact) mass is 132 g/mol. The topological polar surface area (TPSA) is 12.5 Å². The maximum Gasteiger partial charge on any atom is 0.100 e. The Bertz CT molecular complexity index is 105. The lowest BCUT2D eigenvalue weighted by Crippen LogP contribution is -2.15. The first kappa shape index (κ1) is 5.07. The van der Waals surface area contributed by atoms with Crippen LogP contribution in [0.5, 0.6) is 0 Å². The predicted octanol–water partition coefficient (Wildman–Crippen LogP) is 1.55. The molecular formula is C6H9ClO. The molecule has 2 aliphatic rings. The fourth-order valence-corrected chi connectivity index (χ4v) is 1.76. The molecule has 0 aromatic carbocycles. The average Bonchev–Trinajstić information content (AvgIpc) is 2.45. The van der Waals surface area contributed by atoms with E-state index in [1.54, 1.807) is 0 Å². The van der Waals surface area contributed by atoms with E-state index < -0.39 is 0 Å². The van der Waals surface area contributed by atoms with Crippen LogP contribution in [0, 0.1) is 0 Å². The molecule has 0 bridgehead atoms. The van der Waals surface area contributed by atoms with Crippen LogP contribution in [0.25, 0.3) is 0 Å². The summed E-state index contributed by atoms with van der Waals surface area (Å²) in [6.45, 7) is 0. The molecule has 0 spiro atoms. The van der Waals surface area contributed by atoms with Gasteiger partial charge >= 0.3 is 0 Å². The predicted molar refractivity (Wildman–Crippen MR) is 32.2 cm³/mol. The van der Waals surface area contributed by atoms with Gasteiger partial charge in [0.25, 0.3) is 0 Å². The summed E-state index contributed by atoms with van der Waals surface area (Å²) in [6.07, 6.45) is 4.64. The minimum absolute atomic E-state index is 0.328. The van der Waals surface area contributed by atoms with Crippen molar-refractivity contribution >= 4 is 11.6 Å². The highest BCUT2D eigenvalue weighted by atomic mass is 35.5. The van der Waals surface area contributed by atoms with E-state index in [0.717, 1.165) is 6.42 Å². The second kappa shape index (κ2) is 1.61. The quantitative estimate of drug-likeness (QED) is 0.360. The highest BCUT2D eigenvalue weighted by Gasteiger charge is 2.46. The van der Waals surface area contributed by atoms with Crippen LogP contribution in [-0.4, -0.2) is 17.6 Å². The molecule has 1 nitrogen and oxygen atoms in total. The van der Waals surface area contributed by atoms with Gasteiger partial charge in [-0.3, -0.25) is 0 Å². The van der Waals surface area contributed by atoms with Gasteiger partial charge in [-0.05, 0) is 19.3 Å². The number of epoxide rings is 1. The number of fused-ring (bicyclic) bond motifs is 1. The van der Waals surface area contributed by atoms with E-state index in [-0.39, 0.29) is 0 Å². The Kier molecular flexibility index (Phi) is 1.02. The van der Waals surface area contributed by atoms with Gasteiger partial charge in [0.2, 0.25) is 0 Å². The summed E-state index contributed by atoms with van der Waals surface area (Å²) in [5, 5.41) is 0.328. The molecule has 1 aliphatic carbocycles. The molecule has 2 rings (SSSR count). The number of halogens is 1. The molecule has 0 N–H and O–H groups in total. The maximum absolute atomic E-state index is 5.88. The molecule has 46 valence electrons. The normalized spacial score (nSPS) is 52.9. The van der Waals surface area contributed by atoms with Crippen molar-refractivity contribution in [3.8, 4) is 0 Å². The van der Waals surface area contributed by atoms with Crippen LogP contribution >= 0.6 is 11.6 Å². The first-order chi connectivity index (χ1) is 3.88. The van der Waals surface area contributed by atoms with E-state index in [1.165, 1.54) is 12.8 Å². The van der Waals surface area contributed by atoms with Crippen LogP contribution in [0.15, 0.2) is 0 Å². The Morgan fingerprint density at radius 2 is 2.25 bits per heavy atom. The van der Waals surface area contributed by atoms with Crippen molar-refractivity contribution in [1.82, 2.24) is 0 Å². The summed E-state index contributed by atoms with van der Waals surface area (Å²) in [4.78, 5) is 0. The third-order valence-electron chi connectivity index (χ3n) is 1.95. The van der Waals surface area contributed by atoms with E-state index in [4.69, 9.17) is 16.3 Å². The summed E-state index contributed by atoms with van der Waals surface area (Å²) in [7, 11) is 0. The first-order valence-electron chi connectivity index (χ1n) is 3.17. The van der Waals surface area contributed by atoms with E-state index in [2.05, 4.69) is 0 Å². The molecule has 2 heteroatoms. The summed E-state index contributed by atoms with van der Waals surface area (Å²) in [5.41, 5.74) is 0. The molecule has 0 unspecified atom stereocenters. The third-order valence-corrected chi connectivity index (χ3v) is 2.41. The Morgan fingerprint density at radius 3 is 2.88 bits per heavy atom. The number of rotatable bonds is 0. The van der Waals surface area contributed by atoms with E-state index >= 15 is 0 Å². The fourth-order valence-electron chi connectivity index (χ4n) is 1.39. The van der Waals surface area contributed by atoms with E-state index in [0.29, 0.717) is 17.6 Å². The lowest BCUT2D eigenvalue weighted by Gasteiger charge is -2.08. The number of hydrogen-bond donors (Lipinski definition) is 0. The lowest BCUT2D eigenvalue weighted by atomic mass is 10.0. The highest BCUT2D eigenvalue weighted by Crippen LogP contribution is 2.39. The van der Waals surface area contributed by atoms with Crippen molar-refractivity contribution in [2.45, 2.75) is 36.8 Å². The molecule has 2 fully saturated rings. The molecule has 0 aromatic rings. The number of ether oxygens (including phenoxy) is 1. The zero-order valence-corrected chi connectivity index (χ0v) is 5.40. The molecule has 8 heavy (non-hydrogen) atoms. The van der Waals surface area contributed by atoms with Gasteiger partial charge in [-0.25, -0.2) is 0 Å². The smallest absolute Gasteiger partial charge is 0.100 e. The summed E-state index contributed by atoms with van der Waals surface area (Å²) in [6, 6.07) is 0. The average molecular weight is 133 g/mol. The standard InChI is InChI=1S/C6H9ClO/c7-4-2-1-3-5-6(4)8-5/h4-6H,1-3H2/t4-,5+,6-/m1/s1. The zero-order valence-electron chi connectivity index (χ0n) is 4.64. The van der Waals surface area contributed by atoms with Crippen molar-refractivity contribution in [2.75, 3.05) is 0 Å². The Hall–Kier alpha value is 0.250. The van der Waals surface area contributed by atoms with Crippen LogP contribution in [0.3, 0.4) is 0 Å². The Morgan fingerprint density at radius 1 is 1.38 bits per heavy atom. The Balaban J connectivity index is 1.99. The molecule has 1 aliphatic heterocycles. The second-order valence-corrected chi connectivity index (χ2v) is 3.15. The SMILES string of the molecule is Cl[C@@H]1CCC[C@@H]2O[C@H]12. The number of alkyl halides is 1. The van der Waals surface area contributed by atoms with Gasteiger partial charge in [0, 0.05) is 0 Å². The van der Waals surface area contributed by atoms with Crippen LogP contribution in [0.1, 0.15) is 19.3 Å². The highest BCUT2D eigenvalue weighted by molar-refractivity contribution is 6.21. The molecule has 0 radical (unpaired) electrons. The second-order valence-electron chi connectivity index (χ2n) is 2.59. The van der Waals surface area contributed by atoms with Gasteiger partial charge in [0.15, 0.2) is 0 Å². The van der Waals surface area contributed by atoms with Crippen LogP contribution < -0.4 is 0 Å². The van der Waals surface area contributed by atoms with Crippen molar-refractivity contribution in [3.05, 3.63) is 0 Å². The minimum Gasteiger partial charge on any atom is -0.368 e. The van der Waals surface area contributed by atoms with Crippen molar-refractivity contribution in [2.24, 2.45) is 0 Å². The van der Waals surface area contributed by atoms with Gasteiger partial charge in [-0.15, -0.1) is 11.6 Å². The van der Waals surface area contributed by atoms with Gasteiger partial charge in [-0.1, -0.05) is 0 Å². The van der Waals surface area contributed by atoms with E-state index in [9.17, 15) is 0 Å². The van der Waals surface area contributed by atoms with Gasteiger partial charge in [0.05, 0.1) is 11.5 Å². The summed E-state index contributed by atoms with van der Waals surface area (Å²) >= 11 is 5.88. The fraction of sp³-hybridized carbons (Fsp3) is 1.00. The number of hydrogen-bond acceptors (Lipinski definition) is 1. The Labute approximate surface area is 54.0 Å². The van der Waals surface area contributed by atoms with Gasteiger partial charge < -0.3 is 4.74 Å². The molecule has 0 aromatic heterocycles. The third kappa shape index (κ3) is 0.652.